The molecule has 0 saturated carbocycles. The minimum atomic E-state index is 0.631. The molecular weight excluding hydrogens is 196 g/mol. The molecule has 1 aliphatic heterocycles. The van der Waals surface area contributed by atoms with Crippen LogP contribution in [-0.4, -0.2) is 30.1 Å². The fourth-order valence-electron chi connectivity index (χ4n) is 3.26. The third-order valence-electron chi connectivity index (χ3n) is 4.37. The van der Waals surface area contributed by atoms with Gasteiger partial charge in [-0.25, -0.2) is 0 Å². The van der Waals surface area contributed by atoms with Crippen molar-refractivity contribution in [2.75, 3.05) is 13.1 Å². The van der Waals surface area contributed by atoms with E-state index in [1.807, 2.05) is 0 Å². The monoisotopic (exact) mass is 222 g/mol. The lowest BCUT2D eigenvalue weighted by molar-refractivity contribution is 0.0826. The minimum absolute atomic E-state index is 0.631. The number of hydrogen-bond donors (Lipinski definition) is 1. The molecule has 0 aromatic carbocycles. The Morgan fingerprint density at radius 2 is 2.25 bits per heavy atom. The van der Waals surface area contributed by atoms with Crippen LogP contribution >= 0.6 is 0 Å². The number of likely N-dealkylation sites (tertiary alicyclic amines) is 1. The van der Waals surface area contributed by atoms with Crippen molar-refractivity contribution in [2.24, 2.45) is 11.7 Å². The van der Waals surface area contributed by atoms with Crippen molar-refractivity contribution in [1.29, 1.82) is 0 Å². The predicted octanol–water partition coefficient (Wildman–Crippen LogP) is 2.54. The van der Waals surface area contributed by atoms with E-state index in [1.165, 1.54) is 45.1 Å². The van der Waals surface area contributed by atoms with Crippen molar-refractivity contribution in [2.45, 2.75) is 57.5 Å². The average molecular weight is 222 g/mol. The van der Waals surface area contributed by atoms with Crippen LogP contribution in [0.15, 0.2) is 12.2 Å². The Morgan fingerprint density at radius 1 is 1.38 bits per heavy atom. The molecule has 3 atom stereocenters. The zero-order valence-electron chi connectivity index (χ0n) is 10.6. The first kappa shape index (κ1) is 12.1. The summed E-state index contributed by atoms with van der Waals surface area (Å²) in [7, 11) is 0. The maximum atomic E-state index is 5.95. The van der Waals surface area contributed by atoms with Crippen molar-refractivity contribution in [1.82, 2.24) is 4.90 Å². The Labute approximate surface area is 99.9 Å². The highest BCUT2D eigenvalue weighted by Gasteiger charge is 2.30. The third kappa shape index (κ3) is 2.67. The van der Waals surface area contributed by atoms with Crippen LogP contribution in [0, 0.1) is 5.92 Å². The fourth-order valence-corrected chi connectivity index (χ4v) is 3.26. The van der Waals surface area contributed by atoms with Crippen molar-refractivity contribution in [3.8, 4) is 0 Å². The van der Waals surface area contributed by atoms with Gasteiger partial charge in [0.25, 0.3) is 0 Å². The highest BCUT2D eigenvalue weighted by Crippen LogP contribution is 2.29. The number of rotatable bonds is 3. The van der Waals surface area contributed by atoms with E-state index in [-0.39, 0.29) is 0 Å². The highest BCUT2D eigenvalue weighted by molar-refractivity contribution is 5.01. The first-order valence-electron chi connectivity index (χ1n) is 6.97. The normalized spacial score (nSPS) is 36.5. The second-order valence-electron chi connectivity index (χ2n) is 5.35. The Morgan fingerprint density at radius 3 is 2.88 bits per heavy atom. The van der Waals surface area contributed by atoms with Crippen LogP contribution in [-0.2, 0) is 0 Å². The molecule has 0 aromatic rings. The Balaban J connectivity index is 1.97. The lowest BCUT2D eigenvalue weighted by Gasteiger charge is -2.43. The molecule has 0 aromatic heterocycles. The van der Waals surface area contributed by atoms with Gasteiger partial charge >= 0.3 is 0 Å². The van der Waals surface area contributed by atoms with Gasteiger partial charge in [0.15, 0.2) is 0 Å². The van der Waals surface area contributed by atoms with Crippen LogP contribution in [0.5, 0.6) is 0 Å². The van der Waals surface area contributed by atoms with Crippen LogP contribution < -0.4 is 5.73 Å². The average Bonchev–Trinajstić information content (AvgIpc) is 2.39. The Hall–Kier alpha value is -0.340. The van der Waals surface area contributed by atoms with Crippen molar-refractivity contribution < 1.29 is 0 Å². The second kappa shape index (κ2) is 5.83. The first-order chi connectivity index (χ1) is 7.85. The van der Waals surface area contributed by atoms with Gasteiger partial charge in [0.2, 0.25) is 0 Å². The molecule has 0 spiro atoms. The summed E-state index contributed by atoms with van der Waals surface area (Å²) >= 11 is 0. The maximum absolute atomic E-state index is 5.95. The molecule has 2 nitrogen and oxygen atoms in total. The van der Waals surface area contributed by atoms with Crippen LogP contribution in [0.25, 0.3) is 0 Å². The van der Waals surface area contributed by atoms with Gasteiger partial charge in [-0.15, -0.1) is 0 Å². The van der Waals surface area contributed by atoms with E-state index < -0.39 is 0 Å². The number of allylic oxidation sites excluding steroid dienone is 1. The Kier molecular flexibility index (Phi) is 4.42. The molecular formula is C14H26N2. The summed E-state index contributed by atoms with van der Waals surface area (Å²) < 4.78 is 0. The van der Waals surface area contributed by atoms with Gasteiger partial charge in [-0.3, -0.25) is 4.90 Å². The van der Waals surface area contributed by atoms with E-state index in [9.17, 15) is 0 Å². The molecule has 1 heterocycles. The largest absolute Gasteiger partial charge is 0.329 e. The molecule has 1 fully saturated rings. The fraction of sp³-hybridized carbons (Fsp3) is 0.857. The summed E-state index contributed by atoms with van der Waals surface area (Å²) in [5, 5.41) is 0. The van der Waals surface area contributed by atoms with Gasteiger partial charge in [0.1, 0.15) is 0 Å². The van der Waals surface area contributed by atoms with Gasteiger partial charge in [0, 0.05) is 18.6 Å². The van der Waals surface area contributed by atoms with E-state index in [0.717, 1.165) is 12.5 Å². The number of nitrogens with zero attached hydrogens (tertiary/aromatic N) is 1. The summed E-state index contributed by atoms with van der Waals surface area (Å²) in [6.07, 6.45) is 12.7. The van der Waals surface area contributed by atoms with E-state index in [1.54, 1.807) is 0 Å². The molecule has 1 saturated heterocycles. The molecule has 0 radical (unpaired) electrons. The van der Waals surface area contributed by atoms with Gasteiger partial charge in [-0.2, -0.15) is 0 Å². The van der Waals surface area contributed by atoms with E-state index >= 15 is 0 Å². The molecule has 3 unspecified atom stereocenters. The summed E-state index contributed by atoms with van der Waals surface area (Å²) in [5.41, 5.74) is 5.95. The van der Waals surface area contributed by atoms with Crippen molar-refractivity contribution in [3.05, 3.63) is 12.2 Å². The summed E-state index contributed by atoms with van der Waals surface area (Å²) in [5.74, 6) is 0.914. The summed E-state index contributed by atoms with van der Waals surface area (Å²) in [6.45, 7) is 4.41. The first-order valence-corrected chi connectivity index (χ1v) is 6.97. The minimum Gasteiger partial charge on any atom is -0.329 e. The summed E-state index contributed by atoms with van der Waals surface area (Å²) in [4.78, 5) is 2.67. The molecule has 0 amide bonds. The van der Waals surface area contributed by atoms with E-state index in [2.05, 4.69) is 24.0 Å². The van der Waals surface area contributed by atoms with Crippen LogP contribution in [0.4, 0.5) is 0 Å². The van der Waals surface area contributed by atoms with Gasteiger partial charge < -0.3 is 5.73 Å². The molecule has 0 bridgehead atoms. The molecule has 92 valence electrons. The topological polar surface area (TPSA) is 29.3 Å². The molecule has 16 heavy (non-hydrogen) atoms. The van der Waals surface area contributed by atoms with Gasteiger partial charge in [0.05, 0.1) is 0 Å². The van der Waals surface area contributed by atoms with Crippen LogP contribution in [0.3, 0.4) is 0 Å². The van der Waals surface area contributed by atoms with Crippen molar-refractivity contribution >= 4 is 0 Å². The smallest absolute Gasteiger partial charge is 0.0281 e. The van der Waals surface area contributed by atoms with Gasteiger partial charge in [-0.1, -0.05) is 25.5 Å². The predicted molar refractivity (Wildman–Crippen MR) is 69.3 cm³/mol. The zero-order chi connectivity index (χ0) is 11.4. The second-order valence-corrected chi connectivity index (χ2v) is 5.35. The molecule has 2 heteroatoms. The highest BCUT2D eigenvalue weighted by atomic mass is 15.2. The SMILES string of the molecule is CCC1CCN(C2C=CCCC2)C(CN)C1. The number of hydrogen-bond acceptors (Lipinski definition) is 2. The molecule has 2 rings (SSSR count). The number of piperidine rings is 1. The zero-order valence-corrected chi connectivity index (χ0v) is 10.6. The van der Waals surface area contributed by atoms with Crippen LogP contribution in [0.1, 0.15) is 45.4 Å². The summed E-state index contributed by atoms with van der Waals surface area (Å²) in [6, 6.07) is 1.31. The van der Waals surface area contributed by atoms with E-state index in [0.29, 0.717) is 12.1 Å². The Bertz CT molecular complexity index is 237. The lowest BCUT2D eigenvalue weighted by Crippen LogP contribution is -2.51. The van der Waals surface area contributed by atoms with Gasteiger partial charge in [-0.05, 0) is 44.6 Å². The number of nitrogens with two attached hydrogens (primary N) is 1. The molecule has 1 aliphatic carbocycles. The maximum Gasteiger partial charge on any atom is 0.0281 e. The van der Waals surface area contributed by atoms with Crippen LogP contribution in [0.2, 0.25) is 0 Å². The molecule has 2 aliphatic rings. The van der Waals surface area contributed by atoms with Crippen molar-refractivity contribution in [3.63, 3.8) is 0 Å². The molecule has 2 N–H and O–H groups in total. The lowest BCUT2D eigenvalue weighted by atomic mass is 9.86. The van der Waals surface area contributed by atoms with E-state index in [4.69, 9.17) is 5.73 Å². The standard InChI is InChI=1S/C14H26N2/c1-2-12-8-9-16(14(10-12)11-15)13-6-4-3-5-7-13/h4,6,12-14H,2-3,5,7-11,15H2,1H3. The quantitative estimate of drug-likeness (QED) is 0.744. The third-order valence-corrected chi connectivity index (χ3v) is 4.37.